The average Bonchev–Trinajstić information content (AvgIpc) is 3.09. The Labute approximate surface area is 116 Å². The number of H-pyrrole nitrogens is 1. The Morgan fingerprint density at radius 1 is 1.05 bits per heavy atom. The lowest BCUT2D eigenvalue weighted by molar-refractivity contribution is 0.697. The summed E-state index contributed by atoms with van der Waals surface area (Å²) in [5.74, 6) is 1.39. The van der Waals surface area contributed by atoms with Gasteiger partial charge in [0, 0.05) is 5.92 Å². The second-order valence-electron chi connectivity index (χ2n) is 5.31. The van der Waals surface area contributed by atoms with E-state index in [0.29, 0.717) is 11.5 Å². The van der Waals surface area contributed by atoms with Gasteiger partial charge in [-0.1, -0.05) is 30.3 Å². The minimum atomic E-state index is 0.395. The number of aromatic amines is 1. The fourth-order valence-corrected chi connectivity index (χ4v) is 3.09. The van der Waals surface area contributed by atoms with Crippen molar-refractivity contribution in [2.24, 2.45) is 0 Å². The number of benzene rings is 2. The van der Waals surface area contributed by atoms with Crippen LogP contribution in [0.1, 0.15) is 28.4 Å². The topological polar surface area (TPSA) is 52.5 Å². The molecule has 1 aliphatic rings. The molecule has 1 heterocycles. The lowest BCUT2D eigenvalue weighted by atomic mass is 10.1. The first-order valence-corrected chi connectivity index (χ1v) is 6.80. The number of nitrogens with one attached hydrogen (secondary N) is 1. The molecule has 0 aliphatic heterocycles. The number of imidazole rings is 1. The molecule has 0 amide bonds. The highest BCUT2D eigenvalue weighted by atomic mass is 14.9. The Kier molecular flexibility index (Phi) is 2.37. The van der Waals surface area contributed by atoms with Crippen molar-refractivity contribution < 1.29 is 0 Å². The van der Waals surface area contributed by atoms with Gasteiger partial charge in [-0.05, 0) is 36.1 Å². The van der Waals surface area contributed by atoms with Gasteiger partial charge in [0.25, 0.3) is 0 Å². The van der Waals surface area contributed by atoms with Crippen molar-refractivity contribution in [2.45, 2.75) is 18.8 Å². The molecule has 0 bridgehead atoms. The predicted molar refractivity (Wildman–Crippen MR) is 77.4 cm³/mol. The number of hydrogen-bond acceptors (Lipinski definition) is 2. The molecule has 0 saturated carbocycles. The molecular weight excluding hydrogens is 246 g/mol. The second kappa shape index (κ2) is 4.21. The van der Waals surface area contributed by atoms with Gasteiger partial charge in [0.2, 0.25) is 0 Å². The standard InChI is InChI=1S/C17H13N3/c18-10-13-6-3-7-15-16(13)20-17(19-15)14-8-11-4-1-2-5-12(11)9-14/h1-7,14H,8-9H2,(H,19,20). The van der Waals surface area contributed by atoms with Gasteiger partial charge in [0.15, 0.2) is 0 Å². The van der Waals surface area contributed by atoms with E-state index in [1.807, 2.05) is 18.2 Å². The van der Waals surface area contributed by atoms with Crippen LogP contribution < -0.4 is 0 Å². The summed E-state index contributed by atoms with van der Waals surface area (Å²) in [5.41, 5.74) is 5.22. The monoisotopic (exact) mass is 259 g/mol. The highest BCUT2D eigenvalue weighted by Gasteiger charge is 2.25. The minimum Gasteiger partial charge on any atom is -0.342 e. The van der Waals surface area contributed by atoms with Crippen LogP contribution in [-0.2, 0) is 12.8 Å². The molecule has 1 aliphatic carbocycles. The van der Waals surface area contributed by atoms with Crippen molar-refractivity contribution >= 4 is 11.0 Å². The number of rotatable bonds is 1. The highest BCUT2D eigenvalue weighted by Crippen LogP contribution is 2.33. The summed E-state index contributed by atoms with van der Waals surface area (Å²) in [5, 5.41) is 9.15. The van der Waals surface area contributed by atoms with Crippen LogP contribution in [0.3, 0.4) is 0 Å². The van der Waals surface area contributed by atoms with E-state index in [2.05, 4.69) is 40.3 Å². The molecule has 0 unspecified atom stereocenters. The molecule has 3 heteroatoms. The Balaban J connectivity index is 1.76. The quantitative estimate of drug-likeness (QED) is 0.728. The van der Waals surface area contributed by atoms with Crippen molar-refractivity contribution in [3.63, 3.8) is 0 Å². The molecule has 0 spiro atoms. The smallest absolute Gasteiger partial charge is 0.111 e. The summed E-state index contributed by atoms with van der Waals surface area (Å²) in [6, 6.07) is 16.5. The molecule has 2 aromatic carbocycles. The number of para-hydroxylation sites is 1. The van der Waals surface area contributed by atoms with E-state index in [4.69, 9.17) is 5.26 Å². The molecule has 0 atom stereocenters. The SMILES string of the molecule is N#Cc1cccc2[nH]c(C3Cc4ccccc4C3)nc12. The third kappa shape index (κ3) is 1.62. The maximum absolute atomic E-state index is 9.15. The van der Waals surface area contributed by atoms with E-state index in [1.165, 1.54) is 11.1 Å². The third-order valence-corrected chi connectivity index (χ3v) is 4.09. The molecule has 0 saturated heterocycles. The Morgan fingerprint density at radius 2 is 1.80 bits per heavy atom. The summed E-state index contributed by atoms with van der Waals surface area (Å²) in [6.45, 7) is 0. The first-order valence-electron chi connectivity index (χ1n) is 6.80. The normalized spacial score (nSPS) is 14.3. The number of fused-ring (bicyclic) bond motifs is 2. The van der Waals surface area contributed by atoms with E-state index in [1.54, 1.807) is 0 Å². The Hall–Kier alpha value is -2.60. The number of nitriles is 1. The van der Waals surface area contributed by atoms with Gasteiger partial charge in [-0.15, -0.1) is 0 Å². The van der Waals surface area contributed by atoms with E-state index >= 15 is 0 Å². The molecule has 1 N–H and O–H groups in total. The summed E-state index contributed by atoms with van der Waals surface area (Å²) in [4.78, 5) is 8.06. The summed E-state index contributed by atoms with van der Waals surface area (Å²) < 4.78 is 0. The zero-order chi connectivity index (χ0) is 13.5. The predicted octanol–water partition coefficient (Wildman–Crippen LogP) is 3.32. The number of aromatic nitrogens is 2. The van der Waals surface area contributed by atoms with Crippen molar-refractivity contribution in [2.75, 3.05) is 0 Å². The molecule has 3 aromatic rings. The minimum absolute atomic E-state index is 0.395. The summed E-state index contributed by atoms with van der Waals surface area (Å²) in [7, 11) is 0. The summed E-state index contributed by atoms with van der Waals surface area (Å²) >= 11 is 0. The van der Waals surface area contributed by atoms with Gasteiger partial charge < -0.3 is 4.98 Å². The van der Waals surface area contributed by atoms with Gasteiger partial charge in [0.05, 0.1) is 11.1 Å². The van der Waals surface area contributed by atoms with Gasteiger partial charge in [-0.3, -0.25) is 0 Å². The van der Waals surface area contributed by atoms with E-state index in [9.17, 15) is 0 Å². The van der Waals surface area contributed by atoms with Crippen molar-refractivity contribution in [3.05, 3.63) is 65.0 Å². The van der Waals surface area contributed by atoms with E-state index < -0.39 is 0 Å². The van der Waals surface area contributed by atoms with Crippen LogP contribution in [0.2, 0.25) is 0 Å². The van der Waals surface area contributed by atoms with E-state index in [-0.39, 0.29) is 0 Å². The lowest BCUT2D eigenvalue weighted by Gasteiger charge is -2.03. The van der Waals surface area contributed by atoms with Crippen LogP contribution in [0.5, 0.6) is 0 Å². The van der Waals surface area contributed by atoms with Crippen LogP contribution in [0, 0.1) is 11.3 Å². The van der Waals surface area contributed by atoms with Crippen LogP contribution in [0.15, 0.2) is 42.5 Å². The Bertz CT molecular complexity index is 814. The molecule has 1 aromatic heterocycles. The van der Waals surface area contributed by atoms with Gasteiger partial charge >= 0.3 is 0 Å². The van der Waals surface area contributed by atoms with Gasteiger partial charge in [0.1, 0.15) is 17.4 Å². The molecule has 0 fully saturated rings. The van der Waals surface area contributed by atoms with Gasteiger partial charge in [-0.2, -0.15) is 5.26 Å². The largest absolute Gasteiger partial charge is 0.342 e. The molecule has 4 rings (SSSR count). The fraction of sp³-hybridized carbons (Fsp3) is 0.176. The second-order valence-corrected chi connectivity index (χ2v) is 5.31. The van der Waals surface area contributed by atoms with E-state index in [0.717, 1.165) is 29.7 Å². The lowest BCUT2D eigenvalue weighted by Crippen LogP contribution is -2.00. The maximum atomic E-state index is 9.15. The first-order chi connectivity index (χ1) is 9.85. The average molecular weight is 259 g/mol. The van der Waals surface area contributed by atoms with Crippen LogP contribution in [-0.4, -0.2) is 9.97 Å². The van der Waals surface area contributed by atoms with Crippen molar-refractivity contribution in [1.29, 1.82) is 5.26 Å². The molecule has 96 valence electrons. The number of nitrogens with zero attached hydrogens (tertiary/aromatic N) is 2. The maximum Gasteiger partial charge on any atom is 0.111 e. The molecule has 3 nitrogen and oxygen atoms in total. The zero-order valence-electron chi connectivity index (χ0n) is 10.9. The summed E-state index contributed by atoms with van der Waals surface area (Å²) in [6.07, 6.45) is 2.05. The highest BCUT2D eigenvalue weighted by molar-refractivity contribution is 5.81. The molecule has 0 radical (unpaired) electrons. The van der Waals surface area contributed by atoms with Crippen LogP contribution in [0.25, 0.3) is 11.0 Å². The van der Waals surface area contributed by atoms with Gasteiger partial charge in [-0.25, -0.2) is 4.98 Å². The first kappa shape index (κ1) is 11.2. The van der Waals surface area contributed by atoms with Crippen molar-refractivity contribution in [1.82, 2.24) is 9.97 Å². The third-order valence-electron chi connectivity index (χ3n) is 4.09. The molecule has 20 heavy (non-hydrogen) atoms. The zero-order valence-corrected chi connectivity index (χ0v) is 10.9. The van der Waals surface area contributed by atoms with Crippen LogP contribution in [0.4, 0.5) is 0 Å². The fourth-order valence-electron chi connectivity index (χ4n) is 3.09. The van der Waals surface area contributed by atoms with Crippen LogP contribution >= 0.6 is 0 Å². The van der Waals surface area contributed by atoms with Crippen molar-refractivity contribution in [3.8, 4) is 6.07 Å². The number of hydrogen-bond donors (Lipinski definition) is 1. The molecular formula is C17H13N3. The Morgan fingerprint density at radius 3 is 2.50 bits per heavy atom.